The number of nitrogens with zero attached hydrogens (tertiary/aromatic N) is 1. The molecule has 0 unspecified atom stereocenters. The average molecular weight is 488 g/mol. The van der Waals surface area contributed by atoms with Gasteiger partial charge in [0.25, 0.3) is 0 Å². The van der Waals surface area contributed by atoms with Gasteiger partial charge in [-0.25, -0.2) is 18.1 Å². The first kappa shape index (κ1) is 22.4. The first-order chi connectivity index (χ1) is 11.8. The Morgan fingerprint density at radius 1 is 1.08 bits per heavy atom. The van der Waals surface area contributed by atoms with E-state index >= 15 is 0 Å². The van der Waals surface area contributed by atoms with Gasteiger partial charge in [-0.3, -0.25) is 0 Å². The molecule has 0 fully saturated rings. The van der Waals surface area contributed by atoms with Gasteiger partial charge < -0.3 is 11.1 Å². The third-order valence-electron chi connectivity index (χ3n) is 3.78. The molecule has 2 aromatic rings. The highest BCUT2D eigenvalue weighted by Gasteiger charge is 2.11. The highest BCUT2D eigenvalue weighted by Crippen LogP contribution is 2.14. The van der Waals surface area contributed by atoms with Crippen LogP contribution in [0.5, 0.6) is 0 Å². The summed E-state index contributed by atoms with van der Waals surface area (Å²) >= 11 is 0. The Kier molecular flexibility index (Phi) is 8.51. The number of aryl methyl sites for hydroxylation is 2. The molecule has 26 heavy (non-hydrogen) atoms. The highest BCUT2D eigenvalue weighted by molar-refractivity contribution is 14.0. The van der Waals surface area contributed by atoms with Gasteiger partial charge in [-0.05, 0) is 54.8 Å². The third kappa shape index (κ3) is 6.26. The Morgan fingerprint density at radius 2 is 1.73 bits per heavy atom. The largest absolute Gasteiger partial charge is 0.370 e. The van der Waals surface area contributed by atoms with E-state index in [1.807, 2.05) is 25.1 Å². The molecular formula is C18H25IN4O2S. The van der Waals surface area contributed by atoms with Crippen LogP contribution in [0.3, 0.4) is 0 Å². The van der Waals surface area contributed by atoms with Crippen molar-refractivity contribution in [2.45, 2.75) is 32.2 Å². The molecule has 0 spiro atoms. The van der Waals surface area contributed by atoms with E-state index in [-0.39, 0.29) is 28.9 Å². The van der Waals surface area contributed by atoms with Crippen molar-refractivity contribution in [2.24, 2.45) is 10.7 Å². The van der Waals surface area contributed by atoms with Gasteiger partial charge in [-0.1, -0.05) is 25.1 Å². The molecule has 4 N–H and O–H groups in total. The standard InChI is InChI=1S/C18H24N4O2S.HI/c1-4-21-25(23,24)17-9-6-15(7-10-17)12-20-18(19)22-16-8-5-13(2)14(3)11-16;/h5-11,21H,4,12H2,1-3H3,(H3,19,20,22);1H. The normalized spacial score (nSPS) is 11.7. The zero-order chi connectivity index (χ0) is 18.4. The molecule has 0 saturated heterocycles. The minimum Gasteiger partial charge on any atom is -0.370 e. The molecule has 6 nitrogen and oxygen atoms in total. The van der Waals surface area contributed by atoms with Crippen molar-refractivity contribution in [3.05, 3.63) is 59.2 Å². The lowest BCUT2D eigenvalue weighted by atomic mass is 10.1. The van der Waals surface area contributed by atoms with Gasteiger partial charge in [0, 0.05) is 12.2 Å². The first-order valence-corrected chi connectivity index (χ1v) is 9.53. The van der Waals surface area contributed by atoms with Crippen LogP contribution >= 0.6 is 24.0 Å². The fraction of sp³-hybridized carbons (Fsp3) is 0.278. The second kappa shape index (κ2) is 9.89. The summed E-state index contributed by atoms with van der Waals surface area (Å²) in [6.07, 6.45) is 0. The molecule has 8 heteroatoms. The van der Waals surface area contributed by atoms with Gasteiger partial charge in [0.05, 0.1) is 11.4 Å². The number of guanidine groups is 1. The van der Waals surface area contributed by atoms with Crippen LogP contribution in [0.1, 0.15) is 23.6 Å². The molecule has 0 bridgehead atoms. The van der Waals surface area contributed by atoms with Crippen LogP contribution in [0.2, 0.25) is 0 Å². The van der Waals surface area contributed by atoms with E-state index in [0.29, 0.717) is 19.0 Å². The Labute approximate surface area is 172 Å². The van der Waals surface area contributed by atoms with Crippen molar-refractivity contribution < 1.29 is 8.42 Å². The van der Waals surface area contributed by atoms with E-state index in [1.165, 1.54) is 11.1 Å². The monoisotopic (exact) mass is 488 g/mol. The van der Waals surface area contributed by atoms with E-state index in [0.717, 1.165) is 11.3 Å². The van der Waals surface area contributed by atoms with Crippen molar-refractivity contribution in [1.82, 2.24) is 4.72 Å². The smallest absolute Gasteiger partial charge is 0.240 e. The third-order valence-corrected chi connectivity index (χ3v) is 5.34. The number of nitrogens with two attached hydrogens (primary N) is 1. The lowest BCUT2D eigenvalue weighted by Gasteiger charge is -2.08. The molecule has 0 aromatic heterocycles. The van der Waals surface area contributed by atoms with Crippen LogP contribution in [0.15, 0.2) is 52.4 Å². The van der Waals surface area contributed by atoms with Crippen LogP contribution in [-0.2, 0) is 16.6 Å². The molecule has 0 aliphatic carbocycles. The topological polar surface area (TPSA) is 96.6 Å². The second-order valence-electron chi connectivity index (χ2n) is 5.77. The summed E-state index contributed by atoms with van der Waals surface area (Å²) in [7, 11) is -3.43. The Hall–Kier alpha value is -1.65. The quantitative estimate of drug-likeness (QED) is 0.331. The zero-order valence-corrected chi connectivity index (χ0v) is 18.3. The van der Waals surface area contributed by atoms with Crippen LogP contribution in [0.25, 0.3) is 0 Å². The molecule has 0 saturated carbocycles. The summed E-state index contributed by atoms with van der Waals surface area (Å²) < 4.78 is 26.2. The predicted molar refractivity (Wildman–Crippen MR) is 118 cm³/mol. The van der Waals surface area contributed by atoms with Gasteiger partial charge >= 0.3 is 0 Å². The molecule has 2 rings (SSSR count). The summed E-state index contributed by atoms with van der Waals surface area (Å²) in [5.74, 6) is 0.313. The summed E-state index contributed by atoms with van der Waals surface area (Å²) in [5, 5.41) is 3.05. The number of rotatable bonds is 6. The summed E-state index contributed by atoms with van der Waals surface area (Å²) in [6.45, 7) is 6.56. The molecule has 0 atom stereocenters. The van der Waals surface area contributed by atoms with E-state index < -0.39 is 10.0 Å². The Bertz CT molecular complexity index is 865. The molecule has 142 valence electrons. The number of halogens is 1. The number of aliphatic imine (C=N–C) groups is 1. The van der Waals surface area contributed by atoms with Crippen molar-refractivity contribution >= 4 is 45.6 Å². The second-order valence-corrected chi connectivity index (χ2v) is 7.54. The number of benzene rings is 2. The van der Waals surface area contributed by atoms with Gasteiger partial charge in [0.15, 0.2) is 5.96 Å². The number of hydrogen-bond donors (Lipinski definition) is 3. The molecule has 0 aliphatic rings. The lowest BCUT2D eigenvalue weighted by molar-refractivity contribution is 0.584. The number of sulfonamides is 1. The zero-order valence-electron chi connectivity index (χ0n) is 15.1. The summed E-state index contributed by atoms with van der Waals surface area (Å²) in [5.41, 5.74) is 10.1. The molecule has 0 heterocycles. The first-order valence-electron chi connectivity index (χ1n) is 8.04. The minimum atomic E-state index is -3.43. The van der Waals surface area contributed by atoms with E-state index in [9.17, 15) is 8.42 Å². The number of nitrogens with one attached hydrogen (secondary N) is 2. The molecule has 0 radical (unpaired) electrons. The van der Waals surface area contributed by atoms with Gasteiger partial charge in [0.1, 0.15) is 0 Å². The van der Waals surface area contributed by atoms with E-state index in [2.05, 4.69) is 22.0 Å². The summed E-state index contributed by atoms with van der Waals surface area (Å²) in [6, 6.07) is 12.6. The SMILES string of the molecule is CCNS(=O)(=O)c1ccc(CN=C(N)Nc2ccc(C)c(C)c2)cc1.I. The van der Waals surface area contributed by atoms with Crippen LogP contribution in [0, 0.1) is 13.8 Å². The van der Waals surface area contributed by atoms with Crippen LogP contribution in [0.4, 0.5) is 5.69 Å². The van der Waals surface area contributed by atoms with Crippen LogP contribution in [-0.4, -0.2) is 20.9 Å². The lowest BCUT2D eigenvalue weighted by Crippen LogP contribution is -2.23. The van der Waals surface area contributed by atoms with Gasteiger partial charge in [-0.2, -0.15) is 0 Å². The summed E-state index contributed by atoms with van der Waals surface area (Å²) in [4.78, 5) is 4.53. The highest BCUT2D eigenvalue weighted by atomic mass is 127. The molecular weight excluding hydrogens is 463 g/mol. The van der Waals surface area contributed by atoms with Crippen molar-refractivity contribution in [3.8, 4) is 0 Å². The van der Waals surface area contributed by atoms with E-state index in [4.69, 9.17) is 5.73 Å². The van der Waals surface area contributed by atoms with Gasteiger partial charge in [-0.15, -0.1) is 24.0 Å². The van der Waals surface area contributed by atoms with Crippen LogP contribution < -0.4 is 15.8 Å². The maximum atomic E-state index is 11.9. The number of anilines is 1. The van der Waals surface area contributed by atoms with Crippen molar-refractivity contribution in [1.29, 1.82) is 0 Å². The van der Waals surface area contributed by atoms with Crippen molar-refractivity contribution in [3.63, 3.8) is 0 Å². The molecule has 0 aliphatic heterocycles. The minimum absolute atomic E-state index is 0. The predicted octanol–water partition coefficient (Wildman–Crippen LogP) is 3.15. The Balaban J connectivity index is 0.00000338. The van der Waals surface area contributed by atoms with Crippen molar-refractivity contribution in [2.75, 3.05) is 11.9 Å². The average Bonchev–Trinajstić information content (AvgIpc) is 2.57. The fourth-order valence-electron chi connectivity index (χ4n) is 2.23. The van der Waals surface area contributed by atoms with E-state index in [1.54, 1.807) is 31.2 Å². The fourth-order valence-corrected chi connectivity index (χ4v) is 3.27. The Morgan fingerprint density at radius 3 is 2.31 bits per heavy atom. The van der Waals surface area contributed by atoms with Gasteiger partial charge in [0.2, 0.25) is 10.0 Å². The maximum Gasteiger partial charge on any atom is 0.240 e. The molecule has 2 aromatic carbocycles. The number of hydrogen-bond acceptors (Lipinski definition) is 3. The molecule has 0 amide bonds. The maximum absolute atomic E-state index is 11.9.